The van der Waals surface area contributed by atoms with E-state index in [1.165, 1.54) is 32.2 Å². The molecule has 2 aromatic rings. The number of carbonyl (C=O) groups is 2. The van der Waals surface area contributed by atoms with Gasteiger partial charge in [0.2, 0.25) is 17.7 Å². The minimum atomic E-state index is -3.21. The van der Waals surface area contributed by atoms with Crippen molar-refractivity contribution in [1.29, 1.82) is 0 Å². The fraction of sp³-hybridized carbons (Fsp3) is 0.350. The smallest absolute Gasteiger partial charge is 0.302 e. The van der Waals surface area contributed by atoms with Crippen molar-refractivity contribution in [1.82, 2.24) is 20.3 Å². The van der Waals surface area contributed by atoms with Crippen LogP contribution in [0.25, 0.3) is 0 Å². The Bertz CT molecular complexity index is 1020. The zero-order valence-electron chi connectivity index (χ0n) is 17.4. The lowest BCUT2D eigenvalue weighted by Gasteiger charge is -2.18. The Kier molecular flexibility index (Phi) is 7.61. The molecule has 2 rings (SSSR count). The molecule has 166 valence electrons. The van der Waals surface area contributed by atoms with Gasteiger partial charge in [0.1, 0.15) is 10.7 Å². The minimum Gasteiger partial charge on any atom is -0.470 e. The lowest BCUT2D eigenvalue weighted by Crippen LogP contribution is -2.28. The summed E-state index contributed by atoms with van der Waals surface area (Å²) in [6.45, 7) is 8.13. The van der Waals surface area contributed by atoms with E-state index < -0.39 is 24.5 Å². The van der Waals surface area contributed by atoms with Gasteiger partial charge in [-0.3, -0.25) is 14.9 Å². The van der Waals surface area contributed by atoms with Crippen LogP contribution in [0.15, 0.2) is 30.5 Å². The molecule has 1 atom stereocenters. The topological polar surface area (TPSA) is 106 Å². The van der Waals surface area contributed by atoms with Gasteiger partial charge >= 0.3 is 5.92 Å². The van der Waals surface area contributed by atoms with Crippen molar-refractivity contribution in [2.45, 2.75) is 39.7 Å². The van der Waals surface area contributed by atoms with Gasteiger partial charge in [-0.05, 0) is 44.0 Å². The molecule has 31 heavy (non-hydrogen) atoms. The van der Waals surface area contributed by atoms with E-state index in [1.807, 2.05) is 0 Å². The number of hydrogen-bond acceptors (Lipinski definition) is 6. The molecule has 0 saturated carbocycles. The molecule has 0 aliphatic heterocycles. The third-order valence-electron chi connectivity index (χ3n) is 4.07. The van der Waals surface area contributed by atoms with E-state index in [0.717, 1.165) is 0 Å². The van der Waals surface area contributed by atoms with Crippen molar-refractivity contribution in [3.05, 3.63) is 52.5 Å². The Morgan fingerprint density at radius 1 is 1.29 bits per heavy atom. The van der Waals surface area contributed by atoms with Gasteiger partial charge in [0.25, 0.3) is 5.91 Å². The van der Waals surface area contributed by atoms with Crippen molar-refractivity contribution in [3.8, 4) is 5.88 Å². The number of carbonyl (C=O) groups excluding carboxylic acids is 2. The molecule has 2 N–H and O–H groups in total. The van der Waals surface area contributed by atoms with Crippen molar-refractivity contribution < 1.29 is 23.1 Å². The van der Waals surface area contributed by atoms with Gasteiger partial charge in [0.15, 0.2) is 6.61 Å². The van der Waals surface area contributed by atoms with Crippen LogP contribution in [0.5, 0.6) is 5.88 Å². The minimum absolute atomic E-state index is 0.0157. The molecule has 1 unspecified atom stereocenters. The van der Waals surface area contributed by atoms with Gasteiger partial charge in [-0.15, -0.1) is 0 Å². The lowest BCUT2D eigenvalue weighted by atomic mass is 10.1. The second-order valence-electron chi connectivity index (χ2n) is 6.92. The first-order valence-electron chi connectivity index (χ1n) is 9.15. The van der Waals surface area contributed by atoms with E-state index in [9.17, 15) is 18.4 Å². The maximum absolute atomic E-state index is 13.6. The average Bonchev–Trinajstić information content (AvgIpc) is 2.65. The van der Waals surface area contributed by atoms with Gasteiger partial charge in [0.05, 0.1) is 6.04 Å². The highest BCUT2D eigenvalue weighted by atomic mass is 35.5. The number of aromatic nitrogens is 3. The summed E-state index contributed by atoms with van der Waals surface area (Å²) in [6.07, 6.45) is 1.36. The first-order chi connectivity index (χ1) is 14.4. The van der Waals surface area contributed by atoms with Crippen LogP contribution in [-0.4, -0.2) is 39.3 Å². The molecule has 0 spiro atoms. The van der Waals surface area contributed by atoms with Gasteiger partial charge < -0.3 is 10.1 Å². The summed E-state index contributed by atoms with van der Waals surface area (Å²) in [4.78, 5) is 35.8. The van der Waals surface area contributed by atoms with Crippen LogP contribution in [-0.2, 0) is 4.79 Å². The number of halogens is 3. The van der Waals surface area contributed by atoms with Gasteiger partial charge in [0, 0.05) is 18.8 Å². The Hall–Kier alpha value is -3.14. The normalized spacial score (nSPS) is 12.1. The van der Waals surface area contributed by atoms with Crippen molar-refractivity contribution >= 4 is 29.4 Å². The summed E-state index contributed by atoms with van der Waals surface area (Å²) < 4.78 is 32.3. The second kappa shape index (κ2) is 9.78. The molecule has 2 amide bonds. The van der Waals surface area contributed by atoms with Crippen LogP contribution in [0.3, 0.4) is 0 Å². The summed E-state index contributed by atoms with van der Waals surface area (Å²) in [5, 5.41) is 5.17. The monoisotopic (exact) mass is 453 g/mol. The first-order valence-corrected chi connectivity index (χ1v) is 9.53. The SMILES string of the molecule is C=C(C)C(F)(F)COc1ncc(C(C)NC(=O)c2cc(C)nc(NC(C)=O)n2)cc1Cl. The molecular weight excluding hydrogens is 432 g/mol. The number of rotatable bonds is 8. The number of amides is 2. The van der Waals surface area contributed by atoms with Crippen LogP contribution in [0, 0.1) is 6.92 Å². The Labute approximate surface area is 183 Å². The maximum Gasteiger partial charge on any atom is 0.302 e. The number of aryl methyl sites for hydroxylation is 1. The molecule has 0 aliphatic carbocycles. The highest BCUT2D eigenvalue weighted by Gasteiger charge is 2.31. The number of nitrogens with one attached hydrogen (secondary N) is 2. The highest BCUT2D eigenvalue weighted by Crippen LogP contribution is 2.28. The average molecular weight is 454 g/mol. The fourth-order valence-electron chi connectivity index (χ4n) is 2.32. The molecule has 0 fully saturated rings. The number of nitrogens with zero attached hydrogens (tertiary/aromatic N) is 3. The van der Waals surface area contributed by atoms with Crippen LogP contribution in [0.1, 0.15) is 48.6 Å². The standard InChI is InChI=1S/C20H22ClF2N5O3/c1-10(2)20(22,23)9-31-18-15(21)7-14(8-24-18)12(4)26-17(30)16-6-11(3)25-19(28-16)27-13(5)29/h6-8,12H,1,9H2,2-5H3,(H,26,30)(H,25,27,28,29). The van der Waals surface area contributed by atoms with E-state index in [0.29, 0.717) is 11.3 Å². The van der Waals surface area contributed by atoms with E-state index in [2.05, 4.69) is 32.2 Å². The van der Waals surface area contributed by atoms with E-state index >= 15 is 0 Å². The number of hydrogen-bond donors (Lipinski definition) is 2. The molecule has 2 aromatic heterocycles. The van der Waals surface area contributed by atoms with Gasteiger partial charge in [-0.25, -0.2) is 15.0 Å². The molecule has 0 radical (unpaired) electrons. The summed E-state index contributed by atoms with van der Waals surface area (Å²) in [6, 6.07) is 2.39. The number of anilines is 1. The van der Waals surface area contributed by atoms with E-state index in [1.54, 1.807) is 13.8 Å². The van der Waals surface area contributed by atoms with E-state index in [4.69, 9.17) is 16.3 Å². The number of ether oxygens (including phenoxy) is 1. The quantitative estimate of drug-likeness (QED) is 0.587. The van der Waals surface area contributed by atoms with Crippen molar-refractivity contribution in [3.63, 3.8) is 0 Å². The summed E-state index contributed by atoms with van der Waals surface area (Å²) in [5.41, 5.74) is 0.738. The van der Waals surface area contributed by atoms with Crippen LogP contribution in [0.4, 0.5) is 14.7 Å². The Morgan fingerprint density at radius 3 is 2.55 bits per heavy atom. The van der Waals surface area contributed by atoms with Gasteiger partial charge in [-0.2, -0.15) is 8.78 Å². The van der Waals surface area contributed by atoms with E-state index in [-0.39, 0.29) is 34.0 Å². The highest BCUT2D eigenvalue weighted by molar-refractivity contribution is 6.31. The van der Waals surface area contributed by atoms with Gasteiger partial charge in [-0.1, -0.05) is 18.2 Å². The van der Waals surface area contributed by atoms with Crippen LogP contribution >= 0.6 is 11.6 Å². The molecule has 2 heterocycles. The molecule has 8 nitrogen and oxygen atoms in total. The van der Waals surface area contributed by atoms with Crippen LogP contribution < -0.4 is 15.4 Å². The largest absolute Gasteiger partial charge is 0.470 e. The molecule has 0 aliphatic rings. The fourth-order valence-corrected chi connectivity index (χ4v) is 2.55. The molecule has 11 heteroatoms. The van der Waals surface area contributed by atoms with Crippen molar-refractivity contribution in [2.75, 3.05) is 11.9 Å². The predicted octanol–water partition coefficient (Wildman–Crippen LogP) is 3.87. The molecule has 0 bridgehead atoms. The molecular formula is C20H22ClF2N5O3. The van der Waals surface area contributed by atoms with Crippen LogP contribution in [0.2, 0.25) is 5.02 Å². The molecule has 0 aromatic carbocycles. The third kappa shape index (κ3) is 6.68. The summed E-state index contributed by atoms with van der Waals surface area (Å²) >= 11 is 6.10. The number of alkyl halides is 2. The predicted molar refractivity (Wildman–Crippen MR) is 111 cm³/mol. The number of pyridine rings is 1. The Balaban J connectivity index is 2.10. The molecule has 0 saturated heterocycles. The maximum atomic E-state index is 13.6. The lowest BCUT2D eigenvalue weighted by molar-refractivity contribution is -0.114. The first kappa shape index (κ1) is 24.1. The Morgan fingerprint density at radius 2 is 1.97 bits per heavy atom. The summed E-state index contributed by atoms with van der Waals surface area (Å²) in [7, 11) is 0. The zero-order valence-corrected chi connectivity index (χ0v) is 18.2. The summed E-state index contributed by atoms with van der Waals surface area (Å²) in [5.74, 6) is -4.23. The second-order valence-corrected chi connectivity index (χ2v) is 7.33. The third-order valence-corrected chi connectivity index (χ3v) is 4.34. The zero-order chi connectivity index (χ0) is 23.3. The van der Waals surface area contributed by atoms with Crippen molar-refractivity contribution in [2.24, 2.45) is 0 Å².